The number of nitrogens with one attached hydrogen (secondary N) is 1. The molecule has 2 aromatic heterocycles. The summed E-state index contributed by atoms with van der Waals surface area (Å²) in [6, 6.07) is 11.7. The molecule has 3 rings (SSSR count). The number of sulfonamides is 1. The van der Waals surface area contributed by atoms with E-state index in [-0.39, 0.29) is 0 Å². The molecule has 8 heteroatoms. The number of hydrogen-bond donors (Lipinski definition) is 2. The van der Waals surface area contributed by atoms with E-state index in [1.165, 1.54) is 6.26 Å². The molecule has 3 N–H and O–H groups in total. The van der Waals surface area contributed by atoms with Crippen LogP contribution in [0, 0.1) is 0 Å². The number of nitrogens with zero attached hydrogens (tertiary/aromatic N) is 1. The third kappa shape index (κ3) is 4.21. The smallest absolute Gasteiger partial charge is 0.208 e. The first-order valence-corrected chi connectivity index (χ1v) is 10.9. The van der Waals surface area contributed by atoms with Crippen LogP contribution in [0.3, 0.4) is 0 Å². The fourth-order valence-electron chi connectivity index (χ4n) is 2.21. The van der Waals surface area contributed by atoms with Crippen LogP contribution in [0.15, 0.2) is 41.8 Å². The quantitative estimate of drug-likeness (QED) is 0.644. The first kappa shape index (κ1) is 17.1. The van der Waals surface area contributed by atoms with E-state index >= 15 is 0 Å². The SMILES string of the molecule is CS(=O)(=O)NCCc1ccc(-c2csc(-c3ccccc3N)n2)s1. The van der Waals surface area contributed by atoms with Gasteiger partial charge < -0.3 is 5.73 Å². The number of benzene rings is 1. The molecule has 0 unspecified atom stereocenters. The molecule has 0 saturated carbocycles. The molecular formula is C16H17N3O2S3. The first-order chi connectivity index (χ1) is 11.4. The van der Waals surface area contributed by atoms with Gasteiger partial charge in [0.2, 0.25) is 10.0 Å². The van der Waals surface area contributed by atoms with Crippen LogP contribution in [0.25, 0.3) is 21.1 Å². The molecule has 0 aliphatic carbocycles. The Morgan fingerprint density at radius 3 is 2.75 bits per heavy atom. The number of anilines is 1. The number of nitrogen functional groups attached to an aromatic ring is 1. The van der Waals surface area contributed by atoms with Crippen molar-refractivity contribution in [2.24, 2.45) is 0 Å². The fraction of sp³-hybridized carbons (Fsp3) is 0.188. The van der Waals surface area contributed by atoms with E-state index in [4.69, 9.17) is 5.73 Å². The Balaban J connectivity index is 1.73. The lowest BCUT2D eigenvalue weighted by Crippen LogP contribution is -2.23. The third-order valence-electron chi connectivity index (χ3n) is 3.35. The van der Waals surface area contributed by atoms with Crippen LogP contribution in [0.2, 0.25) is 0 Å². The predicted molar refractivity (Wildman–Crippen MR) is 102 cm³/mol. The summed E-state index contributed by atoms with van der Waals surface area (Å²) in [7, 11) is -3.14. The minimum Gasteiger partial charge on any atom is -0.398 e. The van der Waals surface area contributed by atoms with Crippen molar-refractivity contribution in [3.8, 4) is 21.1 Å². The molecule has 0 bridgehead atoms. The number of para-hydroxylation sites is 1. The van der Waals surface area contributed by atoms with E-state index in [2.05, 4.69) is 9.71 Å². The molecule has 5 nitrogen and oxygen atoms in total. The number of nitrogens with two attached hydrogens (primary N) is 1. The van der Waals surface area contributed by atoms with E-state index in [9.17, 15) is 8.42 Å². The Morgan fingerprint density at radius 2 is 2.00 bits per heavy atom. The summed E-state index contributed by atoms with van der Waals surface area (Å²) in [6.07, 6.45) is 1.83. The van der Waals surface area contributed by atoms with E-state index in [1.54, 1.807) is 22.7 Å². The van der Waals surface area contributed by atoms with Gasteiger partial charge >= 0.3 is 0 Å². The van der Waals surface area contributed by atoms with Crippen LogP contribution < -0.4 is 10.5 Å². The standard InChI is InChI=1S/C16H17N3O2S3/c1-24(20,21)18-9-8-11-6-7-15(23-11)14-10-22-16(19-14)12-4-2-3-5-13(12)17/h2-7,10,18H,8-9,17H2,1H3. The Kier molecular flexibility index (Phi) is 5.00. The monoisotopic (exact) mass is 379 g/mol. The maximum absolute atomic E-state index is 11.1. The van der Waals surface area contributed by atoms with Gasteiger partial charge in [-0.2, -0.15) is 0 Å². The van der Waals surface area contributed by atoms with Gasteiger partial charge in [-0.25, -0.2) is 18.1 Å². The van der Waals surface area contributed by atoms with Crippen LogP contribution in [-0.4, -0.2) is 26.2 Å². The van der Waals surface area contributed by atoms with Crippen molar-refractivity contribution < 1.29 is 8.42 Å². The predicted octanol–water partition coefficient (Wildman–Crippen LogP) is 3.21. The van der Waals surface area contributed by atoms with Gasteiger partial charge in [0.25, 0.3) is 0 Å². The average molecular weight is 380 g/mol. The normalized spacial score (nSPS) is 11.7. The Labute approximate surface area is 149 Å². The van der Waals surface area contributed by atoms with E-state index < -0.39 is 10.0 Å². The third-order valence-corrected chi connectivity index (χ3v) is 6.12. The lowest BCUT2D eigenvalue weighted by atomic mass is 10.2. The molecular weight excluding hydrogens is 362 g/mol. The van der Waals surface area contributed by atoms with Crippen LogP contribution in [0.4, 0.5) is 5.69 Å². The number of rotatable bonds is 6. The molecule has 0 spiro atoms. The summed E-state index contributed by atoms with van der Waals surface area (Å²) in [6.45, 7) is 0.404. The number of thiophene rings is 1. The van der Waals surface area contributed by atoms with E-state index in [0.717, 1.165) is 31.7 Å². The van der Waals surface area contributed by atoms with Crippen molar-refractivity contribution >= 4 is 38.4 Å². The largest absolute Gasteiger partial charge is 0.398 e. The summed E-state index contributed by atoms with van der Waals surface area (Å²) in [5, 5.41) is 2.92. The first-order valence-electron chi connectivity index (χ1n) is 7.26. The molecule has 0 fully saturated rings. The van der Waals surface area contributed by atoms with Crippen molar-refractivity contribution in [1.29, 1.82) is 0 Å². The van der Waals surface area contributed by atoms with Gasteiger partial charge in [-0.05, 0) is 30.7 Å². The number of aromatic nitrogens is 1. The molecule has 2 heterocycles. The van der Waals surface area contributed by atoms with E-state index in [1.807, 2.05) is 41.8 Å². The van der Waals surface area contributed by atoms with Gasteiger partial charge in [0, 0.05) is 28.1 Å². The zero-order valence-corrected chi connectivity index (χ0v) is 15.5. The van der Waals surface area contributed by atoms with Crippen molar-refractivity contribution in [2.75, 3.05) is 18.5 Å². The van der Waals surface area contributed by atoms with Gasteiger partial charge in [0.05, 0.1) is 16.8 Å². The average Bonchev–Trinajstić information content (AvgIpc) is 3.15. The Bertz CT molecular complexity index is 945. The molecule has 0 aliphatic heterocycles. The molecule has 1 aromatic carbocycles. The number of thiazole rings is 1. The molecule has 0 atom stereocenters. The van der Waals surface area contributed by atoms with Gasteiger partial charge in [-0.1, -0.05) is 12.1 Å². The lowest BCUT2D eigenvalue weighted by molar-refractivity contribution is 0.588. The lowest BCUT2D eigenvalue weighted by Gasteiger charge is -2.00. The van der Waals surface area contributed by atoms with Gasteiger partial charge in [-0.15, -0.1) is 22.7 Å². The van der Waals surface area contributed by atoms with E-state index in [0.29, 0.717) is 13.0 Å². The van der Waals surface area contributed by atoms with Gasteiger partial charge in [0.1, 0.15) is 5.01 Å². The van der Waals surface area contributed by atoms with Crippen LogP contribution in [0.5, 0.6) is 0 Å². The van der Waals surface area contributed by atoms with Gasteiger partial charge in [-0.3, -0.25) is 0 Å². The molecule has 24 heavy (non-hydrogen) atoms. The summed E-state index contributed by atoms with van der Waals surface area (Å²) in [4.78, 5) is 6.87. The fourth-order valence-corrected chi connectivity index (χ4v) is 4.59. The molecule has 0 radical (unpaired) electrons. The summed E-state index contributed by atoms with van der Waals surface area (Å²) >= 11 is 3.19. The Hall–Kier alpha value is -1.74. The Morgan fingerprint density at radius 1 is 1.21 bits per heavy atom. The highest BCUT2D eigenvalue weighted by Crippen LogP contribution is 2.34. The van der Waals surface area contributed by atoms with Crippen molar-refractivity contribution in [3.63, 3.8) is 0 Å². The summed E-state index contributed by atoms with van der Waals surface area (Å²) in [5.74, 6) is 0. The van der Waals surface area contributed by atoms with Crippen molar-refractivity contribution in [2.45, 2.75) is 6.42 Å². The van der Waals surface area contributed by atoms with Crippen LogP contribution in [-0.2, 0) is 16.4 Å². The summed E-state index contributed by atoms with van der Waals surface area (Å²) < 4.78 is 24.7. The highest BCUT2D eigenvalue weighted by atomic mass is 32.2. The zero-order chi connectivity index (χ0) is 17.2. The maximum atomic E-state index is 11.1. The molecule has 126 valence electrons. The second-order valence-electron chi connectivity index (χ2n) is 5.31. The minimum absolute atomic E-state index is 0.404. The summed E-state index contributed by atoms with van der Waals surface area (Å²) in [5.41, 5.74) is 8.60. The zero-order valence-electron chi connectivity index (χ0n) is 13.0. The molecule has 0 saturated heterocycles. The highest BCUT2D eigenvalue weighted by Gasteiger charge is 2.11. The molecule has 3 aromatic rings. The minimum atomic E-state index is -3.14. The highest BCUT2D eigenvalue weighted by molar-refractivity contribution is 7.88. The molecule has 0 amide bonds. The second-order valence-corrected chi connectivity index (χ2v) is 9.17. The van der Waals surface area contributed by atoms with Crippen LogP contribution >= 0.6 is 22.7 Å². The topological polar surface area (TPSA) is 85.1 Å². The maximum Gasteiger partial charge on any atom is 0.208 e. The number of hydrogen-bond acceptors (Lipinski definition) is 6. The van der Waals surface area contributed by atoms with Crippen LogP contribution in [0.1, 0.15) is 4.88 Å². The van der Waals surface area contributed by atoms with Gasteiger partial charge in [0.15, 0.2) is 0 Å². The second kappa shape index (κ2) is 7.02. The van der Waals surface area contributed by atoms with Crippen molar-refractivity contribution in [1.82, 2.24) is 9.71 Å². The molecule has 0 aliphatic rings. The van der Waals surface area contributed by atoms with Crippen molar-refractivity contribution in [3.05, 3.63) is 46.7 Å².